The smallest absolute Gasteiger partial charge is 0.407 e. The number of anilines is 2. The molecule has 2 N–H and O–H groups in total. The van der Waals surface area contributed by atoms with Crippen LogP contribution in [0.3, 0.4) is 0 Å². The van der Waals surface area contributed by atoms with Crippen molar-refractivity contribution in [3.63, 3.8) is 0 Å². The third-order valence-corrected chi connectivity index (χ3v) is 11.0. The van der Waals surface area contributed by atoms with E-state index in [1.807, 2.05) is 215 Å². The van der Waals surface area contributed by atoms with Crippen LogP contribution in [0.4, 0.5) is 21.0 Å². The van der Waals surface area contributed by atoms with Gasteiger partial charge in [0.1, 0.15) is 34.2 Å². The van der Waals surface area contributed by atoms with Crippen LogP contribution in [-0.2, 0) is 22.4 Å². The lowest BCUT2D eigenvalue weighted by molar-refractivity contribution is 0.0514. The number of ether oxygens (including phenoxy) is 6. The summed E-state index contributed by atoms with van der Waals surface area (Å²) in [4.78, 5) is 27.0. The molecule has 0 radical (unpaired) electrons. The van der Waals surface area contributed by atoms with Gasteiger partial charge in [0.05, 0.1) is 11.4 Å². The third-order valence-electron chi connectivity index (χ3n) is 9.94. The number of nitrogens with zero attached hydrogens (tertiary/aromatic N) is 2. The third kappa shape index (κ3) is 19.9. The van der Waals surface area contributed by atoms with Crippen molar-refractivity contribution < 1.29 is 40.9 Å². The Balaban J connectivity index is 0.000000385. The summed E-state index contributed by atoms with van der Waals surface area (Å²) in [6.45, 7) is 19.7. The Morgan fingerprint density at radius 1 is 0.425 bits per heavy atom. The number of thiocarbonyl (C=S) groups is 4. The summed E-state index contributed by atoms with van der Waals surface area (Å²) in [7, 11) is 0. The molecule has 6 rings (SSSR count). The van der Waals surface area contributed by atoms with Crippen LogP contribution in [-0.4, -0.2) is 50.6 Å². The van der Waals surface area contributed by atoms with Crippen molar-refractivity contribution in [3.8, 4) is 23.0 Å². The fraction of sp³-hybridized carbons (Fsp3) is 0.263. The number of hydrogen-bond donors (Lipinski definition) is 2. The molecule has 0 aliphatic heterocycles. The Morgan fingerprint density at radius 2 is 0.699 bits per heavy atom. The van der Waals surface area contributed by atoms with Gasteiger partial charge < -0.3 is 39.1 Å². The number of carbonyl (C=O) groups excluding carboxylic acids is 2. The van der Waals surface area contributed by atoms with Crippen LogP contribution in [0, 0.1) is 27.7 Å². The second-order valence-corrected chi connectivity index (χ2v) is 20.2. The molecule has 2 amide bonds. The molecule has 0 aromatic heterocycles. The molecular formula is C57H66N4O8S4. The van der Waals surface area contributed by atoms with E-state index >= 15 is 0 Å². The largest absolute Gasteiger partial charge is 0.444 e. The molecule has 0 spiro atoms. The van der Waals surface area contributed by atoms with Gasteiger partial charge in [-0.1, -0.05) is 95.1 Å². The van der Waals surface area contributed by atoms with E-state index in [0.717, 1.165) is 33.4 Å². The van der Waals surface area contributed by atoms with Crippen LogP contribution in [0.25, 0.3) is 0 Å². The highest BCUT2D eigenvalue weighted by atomic mass is 32.1. The first-order chi connectivity index (χ1) is 34.5. The van der Waals surface area contributed by atoms with E-state index in [9.17, 15) is 9.59 Å². The Labute approximate surface area is 453 Å². The number of aryl methyl sites for hydroxylation is 4. The average Bonchev–Trinajstić information content (AvgIpc) is 3.31. The number of rotatable bonds is 11. The maximum atomic E-state index is 12.0. The van der Waals surface area contributed by atoms with E-state index in [1.165, 1.54) is 0 Å². The number of nitrogens with one attached hydrogen (secondary N) is 2. The molecule has 0 saturated carbocycles. The van der Waals surface area contributed by atoms with Crippen molar-refractivity contribution >= 4 is 93.1 Å². The quantitative estimate of drug-likeness (QED) is 0.120. The van der Waals surface area contributed by atoms with Gasteiger partial charge in [0.15, 0.2) is 0 Å². The SMILES string of the molecule is Cc1ccc(OC(=S)N(C(=S)Oc2ccc(C)cc2)c2ccc(CCNC(=O)OC(C)(C)C)cc2)cc1.Cc1ccc(OC(=S)N(C(=S)Oc2ccc(C)cc2)c2ccc(CNC(=O)OC(C)(C)C)cc2)cc1.[HH].[HH]. The normalized spacial score (nSPS) is 10.8. The van der Waals surface area contributed by atoms with E-state index in [2.05, 4.69) is 10.6 Å². The number of benzene rings is 6. The average molecular weight is 1060 g/mol. The van der Waals surface area contributed by atoms with Gasteiger partial charge in [-0.05, 0) is 208 Å². The van der Waals surface area contributed by atoms with Crippen molar-refractivity contribution in [3.05, 3.63) is 179 Å². The van der Waals surface area contributed by atoms with Crippen molar-refractivity contribution in [2.45, 2.75) is 93.4 Å². The molecule has 0 aliphatic carbocycles. The van der Waals surface area contributed by atoms with Crippen molar-refractivity contribution in [1.29, 1.82) is 0 Å². The molecule has 6 aromatic carbocycles. The molecule has 16 heteroatoms. The minimum Gasteiger partial charge on any atom is -0.444 e. The predicted molar refractivity (Wildman–Crippen MR) is 311 cm³/mol. The van der Waals surface area contributed by atoms with Gasteiger partial charge in [0.25, 0.3) is 20.7 Å². The molecule has 12 nitrogen and oxygen atoms in total. The highest BCUT2D eigenvalue weighted by molar-refractivity contribution is 7.82. The lowest BCUT2D eigenvalue weighted by Gasteiger charge is -2.25. The van der Waals surface area contributed by atoms with Crippen LogP contribution in [0.2, 0.25) is 0 Å². The summed E-state index contributed by atoms with van der Waals surface area (Å²) < 4.78 is 34.3. The zero-order valence-electron chi connectivity index (χ0n) is 42.8. The van der Waals surface area contributed by atoms with E-state index in [-0.39, 0.29) is 23.6 Å². The van der Waals surface area contributed by atoms with Crippen LogP contribution in [0.5, 0.6) is 23.0 Å². The molecular weight excluding hydrogens is 997 g/mol. The number of carbonyl (C=O) groups is 2. The minimum atomic E-state index is -0.561. The van der Waals surface area contributed by atoms with E-state index < -0.39 is 23.4 Å². The van der Waals surface area contributed by atoms with Gasteiger partial charge in [-0.15, -0.1) is 0 Å². The van der Waals surface area contributed by atoms with E-state index in [4.69, 9.17) is 77.3 Å². The summed E-state index contributed by atoms with van der Waals surface area (Å²) in [6, 6.07) is 45.4. The Bertz CT molecular complexity index is 2710. The van der Waals surface area contributed by atoms with Crippen LogP contribution in [0.1, 0.15) is 77.8 Å². The molecule has 0 aliphatic rings. The summed E-state index contributed by atoms with van der Waals surface area (Å²) in [5, 5.41) is 6.04. The second kappa shape index (κ2) is 26.6. The molecule has 0 saturated heterocycles. The molecule has 386 valence electrons. The summed E-state index contributed by atoms with van der Waals surface area (Å²) in [5.41, 5.74) is 6.61. The Kier molecular flexibility index (Phi) is 20.8. The van der Waals surface area contributed by atoms with Crippen molar-refractivity contribution in [1.82, 2.24) is 10.6 Å². The van der Waals surface area contributed by atoms with Gasteiger partial charge in [-0.3, -0.25) is 0 Å². The van der Waals surface area contributed by atoms with Crippen LogP contribution in [0.15, 0.2) is 146 Å². The lowest BCUT2D eigenvalue weighted by atomic mass is 10.1. The van der Waals surface area contributed by atoms with Gasteiger partial charge in [-0.25, -0.2) is 19.4 Å². The summed E-state index contributed by atoms with van der Waals surface area (Å²) >= 11 is 22.5. The van der Waals surface area contributed by atoms with Gasteiger partial charge in [0.2, 0.25) is 0 Å². The first kappa shape index (κ1) is 56.9. The highest BCUT2D eigenvalue weighted by Gasteiger charge is 2.24. The first-order valence-corrected chi connectivity index (χ1v) is 25.0. The lowest BCUT2D eigenvalue weighted by Crippen LogP contribution is -2.40. The molecule has 6 aromatic rings. The minimum absolute atomic E-state index is 0. The standard InChI is InChI=1S/C29H32N2O4S2.C28H30N2O4S2.2H2/c1-20-6-14-24(15-7-20)33-27(36)31(28(37)34-25-16-8-21(2)9-17-25)23-12-10-22(11-13-23)18-19-30-26(32)35-29(3,4)5;1-19-6-14-23(15-7-19)32-26(35)30(27(36)33-24-16-8-20(2)9-17-24)22-12-10-21(11-13-22)18-29-25(31)34-28(3,4)5;;/h6-17H,18-19H2,1-5H3,(H,30,32);6-17H,18H2,1-5H3,(H,29,31);2*1H. The summed E-state index contributed by atoms with van der Waals surface area (Å²) in [5.74, 6) is 2.38. The summed E-state index contributed by atoms with van der Waals surface area (Å²) in [6.07, 6.45) is -0.283. The van der Waals surface area contributed by atoms with E-state index in [0.29, 0.717) is 53.9 Å². The van der Waals surface area contributed by atoms with E-state index in [1.54, 1.807) is 9.80 Å². The Morgan fingerprint density at radius 3 is 0.986 bits per heavy atom. The van der Waals surface area contributed by atoms with Crippen molar-refractivity contribution in [2.75, 3.05) is 16.3 Å². The maximum absolute atomic E-state index is 12.0. The van der Waals surface area contributed by atoms with Gasteiger partial charge in [-0.2, -0.15) is 0 Å². The fourth-order valence-corrected chi connectivity index (χ4v) is 7.52. The monoisotopic (exact) mass is 1060 g/mol. The molecule has 0 bridgehead atoms. The number of alkyl carbamates (subject to hydrolysis) is 2. The van der Waals surface area contributed by atoms with Crippen LogP contribution < -0.4 is 39.4 Å². The second-order valence-electron chi connectivity index (χ2n) is 18.8. The zero-order chi connectivity index (χ0) is 53.3. The molecule has 0 unspecified atom stereocenters. The van der Waals surface area contributed by atoms with Gasteiger partial charge >= 0.3 is 12.2 Å². The first-order valence-electron chi connectivity index (χ1n) is 23.4. The molecule has 0 heterocycles. The zero-order valence-corrected chi connectivity index (χ0v) is 46.0. The fourth-order valence-electron chi connectivity index (χ4n) is 6.27. The number of hydrogen-bond acceptors (Lipinski definition) is 12. The molecule has 0 atom stereocenters. The molecule has 0 fully saturated rings. The van der Waals surface area contributed by atoms with Crippen LogP contribution >= 0.6 is 48.9 Å². The predicted octanol–water partition coefficient (Wildman–Crippen LogP) is 14.3. The molecule has 73 heavy (non-hydrogen) atoms. The number of amides is 2. The van der Waals surface area contributed by atoms with Crippen molar-refractivity contribution in [2.24, 2.45) is 0 Å². The highest BCUT2D eigenvalue weighted by Crippen LogP contribution is 2.25. The Hall–Kier alpha value is -6.98. The maximum Gasteiger partial charge on any atom is 0.407 e. The van der Waals surface area contributed by atoms with Gasteiger partial charge in [0, 0.05) is 15.9 Å². The topological polar surface area (TPSA) is 120 Å².